The Hall–Kier alpha value is -3.22. The Morgan fingerprint density at radius 2 is 1.23 bits per heavy atom. The fraction of sp³-hybridized carbons (Fsp3) is 0.500. The predicted molar refractivity (Wildman–Crippen MR) is 149 cm³/mol. The van der Waals surface area contributed by atoms with Crippen molar-refractivity contribution in [1.29, 1.82) is 0 Å². The molecule has 35 heavy (non-hydrogen) atoms. The van der Waals surface area contributed by atoms with Gasteiger partial charge in [-0.15, -0.1) is 0 Å². The number of aromatic nitrogens is 4. The molecule has 7 heteroatoms. The van der Waals surface area contributed by atoms with Gasteiger partial charge in [-0.3, -0.25) is 9.59 Å². The first-order valence-corrected chi connectivity index (χ1v) is 12.3. The van der Waals surface area contributed by atoms with Gasteiger partial charge in [0.05, 0.1) is 0 Å². The summed E-state index contributed by atoms with van der Waals surface area (Å²) in [5.41, 5.74) is 3.59. The van der Waals surface area contributed by atoms with Crippen LogP contribution >= 0.6 is 0 Å². The lowest BCUT2D eigenvalue weighted by molar-refractivity contribution is 0.794. The third-order valence-corrected chi connectivity index (χ3v) is 5.13. The zero-order valence-electron chi connectivity index (χ0n) is 23.5. The number of nitrogens with zero attached hydrogens (tertiary/aromatic N) is 4. The van der Waals surface area contributed by atoms with Crippen molar-refractivity contribution in [2.75, 3.05) is 12.4 Å². The minimum absolute atomic E-state index is 0.0504. The van der Waals surface area contributed by atoms with E-state index in [1.165, 1.54) is 11.1 Å². The molecule has 0 bridgehead atoms. The van der Waals surface area contributed by atoms with E-state index < -0.39 is 0 Å². The quantitative estimate of drug-likeness (QED) is 0.516. The van der Waals surface area contributed by atoms with Crippen molar-refractivity contribution in [2.24, 2.45) is 14.1 Å². The van der Waals surface area contributed by atoms with Crippen LogP contribution < -0.4 is 16.4 Å². The summed E-state index contributed by atoms with van der Waals surface area (Å²) in [6.45, 7) is 16.6. The van der Waals surface area contributed by atoms with Crippen molar-refractivity contribution in [1.82, 2.24) is 19.1 Å². The lowest BCUT2D eigenvalue weighted by Crippen LogP contribution is -2.15. The first-order valence-electron chi connectivity index (χ1n) is 12.3. The van der Waals surface area contributed by atoms with Crippen molar-refractivity contribution in [3.05, 3.63) is 86.5 Å². The minimum atomic E-state index is 0.0504. The van der Waals surface area contributed by atoms with Gasteiger partial charge in [0.15, 0.2) is 0 Å². The molecule has 0 amide bonds. The maximum absolute atomic E-state index is 11.1. The molecule has 0 aliphatic carbocycles. The molecule has 194 valence electrons. The smallest absolute Gasteiger partial charge is 0.250 e. The van der Waals surface area contributed by atoms with Gasteiger partial charge in [-0.1, -0.05) is 61.5 Å². The highest BCUT2D eigenvalue weighted by molar-refractivity contribution is 5.24. The van der Waals surface area contributed by atoms with E-state index in [2.05, 4.69) is 56.8 Å². The van der Waals surface area contributed by atoms with Crippen LogP contribution in [0.2, 0.25) is 0 Å². The number of anilines is 1. The molecule has 3 aromatic rings. The van der Waals surface area contributed by atoms with Crippen molar-refractivity contribution in [3.8, 4) is 0 Å². The molecular formula is C28H45N5O2. The van der Waals surface area contributed by atoms with Crippen LogP contribution in [0.4, 0.5) is 5.95 Å². The first-order chi connectivity index (χ1) is 16.5. The Kier molecular flexibility index (Phi) is 14.9. The second-order valence-electron chi connectivity index (χ2n) is 8.87. The standard InChI is InChI=1S/2C9H13NO.C8H13N3.C2H6/c1-7(2)8-4-5-10(3)9(11)6-8;1-7(2)8-4-5-9(11)10(3)6-8;1-6(2)7-4-10-8(9-3)11-5-7;1-2/h2*4-7H,1-3H3;4-6H,1-3H3,(H,9,10,11);1-2H3. The first kappa shape index (κ1) is 31.8. The average Bonchev–Trinajstić information content (AvgIpc) is 2.84. The highest BCUT2D eigenvalue weighted by Gasteiger charge is 2.00. The lowest BCUT2D eigenvalue weighted by atomic mass is 10.1. The molecule has 0 spiro atoms. The van der Waals surface area contributed by atoms with Gasteiger partial charge in [0, 0.05) is 58.1 Å². The Bertz CT molecular complexity index is 1100. The average molecular weight is 484 g/mol. The van der Waals surface area contributed by atoms with E-state index in [1.54, 1.807) is 41.6 Å². The molecule has 3 rings (SSSR count). The van der Waals surface area contributed by atoms with Gasteiger partial charge in [0.25, 0.3) is 5.56 Å². The normalized spacial score (nSPS) is 10.0. The second-order valence-corrected chi connectivity index (χ2v) is 8.87. The van der Waals surface area contributed by atoms with Crippen molar-refractivity contribution < 1.29 is 0 Å². The highest BCUT2D eigenvalue weighted by Crippen LogP contribution is 2.12. The molecule has 0 saturated carbocycles. The SMILES string of the molecule is CC.CC(C)c1ccc(=O)n(C)c1.CC(C)c1ccn(C)c(=O)c1.CNc1ncc(C(C)C)cn1. The van der Waals surface area contributed by atoms with E-state index >= 15 is 0 Å². The number of aryl methyl sites for hydroxylation is 2. The van der Waals surface area contributed by atoms with Gasteiger partial charge in [0.2, 0.25) is 11.5 Å². The molecular weight excluding hydrogens is 438 g/mol. The van der Waals surface area contributed by atoms with E-state index in [-0.39, 0.29) is 11.1 Å². The minimum Gasteiger partial charge on any atom is -0.357 e. The van der Waals surface area contributed by atoms with Gasteiger partial charge < -0.3 is 14.5 Å². The van der Waals surface area contributed by atoms with Gasteiger partial charge in [-0.05, 0) is 40.5 Å². The summed E-state index contributed by atoms with van der Waals surface area (Å²) in [7, 11) is 5.34. The van der Waals surface area contributed by atoms with E-state index in [4.69, 9.17) is 0 Å². The van der Waals surface area contributed by atoms with Gasteiger partial charge in [-0.25, -0.2) is 9.97 Å². The summed E-state index contributed by atoms with van der Waals surface area (Å²) < 4.78 is 3.18. The molecule has 0 radical (unpaired) electrons. The third-order valence-electron chi connectivity index (χ3n) is 5.13. The van der Waals surface area contributed by atoms with E-state index in [1.807, 2.05) is 51.6 Å². The van der Waals surface area contributed by atoms with Crippen molar-refractivity contribution in [3.63, 3.8) is 0 Å². The molecule has 3 heterocycles. The summed E-state index contributed by atoms with van der Waals surface area (Å²) in [6, 6.07) is 7.15. The summed E-state index contributed by atoms with van der Waals surface area (Å²) in [5, 5.41) is 2.87. The number of pyridine rings is 2. The fourth-order valence-corrected chi connectivity index (χ4v) is 2.65. The summed E-state index contributed by atoms with van der Waals surface area (Å²) in [5.74, 6) is 2.10. The molecule has 3 aromatic heterocycles. The lowest BCUT2D eigenvalue weighted by Gasteiger charge is -2.05. The zero-order valence-corrected chi connectivity index (χ0v) is 23.5. The summed E-state index contributed by atoms with van der Waals surface area (Å²) in [4.78, 5) is 30.3. The number of nitrogens with one attached hydrogen (secondary N) is 1. The Balaban J connectivity index is 0.000000478. The van der Waals surface area contributed by atoms with Crippen LogP contribution in [0.3, 0.4) is 0 Å². The van der Waals surface area contributed by atoms with Gasteiger partial charge in [0.1, 0.15) is 0 Å². The van der Waals surface area contributed by atoms with Gasteiger partial charge in [-0.2, -0.15) is 0 Å². The van der Waals surface area contributed by atoms with Crippen LogP contribution in [0.15, 0.2) is 58.6 Å². The van der Waals surface area contributed by atoms with Crippen molar-refractivity contribution >= 4 is 5.95 Å². The van der Waals surface area contributed by atoms with Crippen LogP contribution in [0, 0.1) is 0 Å². The predicted octanol–water partition coefficient (Wildman–Crippen LogP) is 5.69. The van der Waals surface area contributed by atoms with Crippen LogP contribution in [0.5, 0.6) is 0 Å². The molecule has 0 atom stereocenters. The van der Waals surface area contributed by atoms with E-state index in [0.29, 0.717) is 23.7 Å². The van der Waals surface area contributed by atoms with E-state index in [9.17, 15) is 9.59 Å². The number of hydrogen-bond acceptors (Lipinski definition) is 5. The third kappa shape index (κ3) is 11.7. The summed E-state index contributed by atoms with van der Waals surface area (Å²) >= 11 is 0. The summed E-state index contributed by atoms with van der Waals surface area (Å²) in [6.07, 6.45) is 7.39. The van der Waals surface area contributed by atoms with Crippen LogP contribution in [-0.4, -0.2) is 26.1 Å². The maximum atomic E-state index is 11.1. The van der Waals surface area contributed by atoms with Gasteiger partial charge >= 0.3 is 0 Å². The van der Waals surface area contributed by atoms with Crippen molar-refractivity contribution in [2.45, 2.75) is 73.1 Å². The molecule has 0 unspecified atom stereocenters. The zero-order chi connectivity index (χ0) is 27.1. The molecule has 0 fully saturated rings. The molecule has 0 aliphatic rings. The van der Waals surface area contributed by atoms with Crippen LogP contribution in [0.25, 0.3) is 0 Å². The molecule has 0 aliphatic heterocycles. The number of rotatable bonds is 4. The topological polar surface area (TPSA) is 81.8 Å². The van der Waals surface area contributed by atoms with E-state index in [0.717, 1.165) is 5.56 Å². The molecule has 0 saturated heterocycles. The van der Waals surface area contributed by atoms with Crippen LogP contribution in [-0.2, 0) is 14.1 Å². The second kappa shape index (κ2) is 16.4. The Morgan fingerprint density at radius 1 is 0.714 bits per heavy atom. The monoisotopic (exact) mass is 483 g/mol. The number of hydrogen-bond donors (Lipinski definition) is 1. The maximum Gasteiger partial charge on any atom is 0.250 e. The largest absolute Gasteiger partial charge is 0.357 e. The molecule has 1 N–H and O–H groups in total. The molecule has 0 aromatic carbocycles. The Morgan fingerprint density at radius 3 is 1.63 bits per heavy atom. The molecule has 7 nitrogen and oxygen atoms in total. The van der Waals surface area contributed by atoms with Crippen LogP contribution in [0.1, 0.15) is 89.8 Å². The highest BCUT2D eigenvalue weighted by atomic mass is 16.1. The Labute approximate surface area is 211 Å². The fourth-order valence-electron chi connectivity index (χ4n) is 2.65.